The Hall–Kier alpha value is -1.93. The van der Waals surface area contributed by atoms with Gasteiger partial charge < -0.3 is 21.1 Å². The van der Waals surface area contributed by atoms with E-state index < -0.39 is 6.10 Å². The second-order valence-electron chi connectivity index (χ2n) is 6.52. The quantitative estimate of drug-likeness (QED) is 0.696. The minimum atomic E-state index is -0.465. The molecule has 0 bridgehead atoms. The van der Waals surface area contributed by atoms with Crippen LogP contribution in [0.2, 0.25) is 0 Å². The molecule has 2 fully saturated rings. The molecule has 4 N–H and O–H groups in total. The number of nitrogens with one attached hydrogen (secondary N) is 2. The summed E-state index contributed by atoms with van der Waals surface area (Å²) in [6.45, 7) is 0.583. The monoisotopic (exact) mass is 335 g/mol. The third-order valence-corrected chi connectivity index (χ3v) is 4.59. The van der Waals surface area contributed by atoms with E-state index in [1.54, 1.807) is 6.20 Å². The lowest BCUT2D eigenvalue weighted by atomic mass is 10.2. The summed E-state index contributed by atoms with van der Waals surface area (Å²) in [5.41, 5.74) is 6.11. The fourth-order valence-corrected chi connectivity index (χ4v) is 3.30. The summed E-state index contributed by atoms with van der Waals surface area (Å²) < 4.78 is 7.09. The average Bonchev–Trinajstić information content (AvgIpc) is 3.28. The van der Waals surface area contributed by atoms with Crippen molar-refractivity contribution in [1.82, 2.24) is 15.1 Å². The van der Waals surface area contributed by atoms with Crippen LogP contribution in [0.4, 0.5) is 5.69 Å². The number of anilines is 1. The highest BCUT2D eigenvalue weighted by Gasteiger charge is 2.30. The molecule has 2 aliphatic rings. The fourth-order valence-electron chi connectivity index (χ4n) is 3.30. The molecule has 2 atom stereocenters. The SMILES string of the molecule is NC[C@H]1CC[C@@H](C(=O)Nc2cnn(CC(=O)NC3CCCC3)c2)O1. The Kier molecular flexibility index (Phi) is 5.47. The zero-order valence-corrected chi connectivity index (χ0v) is 13.7. The molecule has 8 heteroatoms. The van der Waals surface area contributed by atoms with Crippen LogP contribution >= 0.6 is 0 Å². The summed E-state index contributed by atoms with van der Waals surface area (Å²) in [6.07, 6.45) is 8.62. The fraction of sp³-hybridized carbons (Fsp3) is 0.688. The molecule has 1 aliphatic heterocycles. The number of carbonyl (C=O) groups is 2. The first-order valence-corrected chi connectivity index (χ1v) is 8.62. The van der Waals surface area contributed by atoms with Crippen LogP contribution < -0.4 is 16.4 Å². The highest BCUT2D eigenvalue weighted by Crippen LogP contribution is 2.20. The molecule has 0 radical (unpaired) electrons. The van der Waals surface area contributed by atoms with E-state index in [9.17, 15) is 9.59 Å². The maximum atomic E-state index is 12.1. The topological polar surface area (TPSA) is 111 Å². The summed E-state index contributed by atoms with van der Waals surface area (Å²) in [4.78, 5) is 24.1. The number of rotatable bonds is 6. The predicted molar refractivity (Wildman–Crippen MR) is 88.2 cm³/mol. The van der Waals surface area contributed by atoms with Gasteiger partial charge in [-0.3, -0.25) is 14.3 Å². The lowest BCUT2D eigenvalue weighted by Gasteiger charge is -2.12. The first-order chi connectivity index (χ1) is 11.6. The molecule has 1 saturated heterocycles. The van der Waals surface area contributed by atoms with Gasteiger partial charge in [0.05, 0.1) is 18.0 Å². The van der Waals surface area contributed by atoms with E-state index in [-0.39, 0.29) is 24.5 Å². The molecular formula is C16H25N5O3. The van der Waals surface area contributed by atoms with Crippen molar-refractivity contribution >= 4 is 17.5 Å². The van der Waals surface area contributed by atoms with E-state index in [4.69, 9.17) is 10.5 Å². The van der Waals surface area contributed by atoms with Gasteiger partial charge in [-0.1, -0.05) is 12.8 Å². The second kappa shape index (κ2) is 7.76. The molecule has 8 nitrogen and oxygen atoms in total. The van der Waals surface area contributed by atoms with E-state index in [1.165, 1.54) is 23.7 Å². The number of ether oxygens (including phenoxy) is 1. The number of aromatic nitrogens is 2. The van der Waals surface area contributed by atoms with Crippen molar-refractivity contribution in [3.05, 3.63) is 12.4 Å². The first-order valence-electron chi connectivity index (χ1n) is 8.62. The molecule has 0 aromatic carbocycles. The number of carbonyl (C=O) groups excluding carboxylic acids is 2. The lowest BCUT2D eigenvalue weighted by Crippen LogP contribution is -2.35. The van der Waals surface area contributed by atoms with Gasteiger partial charge in [-0.15, -0.1) is 0 Å². The molecule has 3 rings (SSSR count). The van der Waals surface area contributed by atoms with Crippen molar-refractivity contribution in [2.45, 2.75) is 63.3 Å². The highest BCUT2D eigenvalue weighted by atomic mass is 16.5. The van der Waals surface area contributed by atoms with Crippen molar-refractivity contribution in [2.75, 3.05) is 11.9 Å². The Balaban J connectivity index is 1.46. The largest absolute Gasteiger partial charge is 0.364 e. The van der Waals surface area contributed by atoms with E-state index in [1.807, 2.05) is 0 Å². The summed E-state index contributed by atoms with van der Waals surface area (Å²) in [6, 6.07) is 0.294. The molecule has 132 valence electrons. The third kappa shape index (κ3) is 4.33. The highest BCUT2D eigenvalue weighted by molar-refractivity contribution is 5.94. The summed E-state index contributed by atoms with van der Waals surface area (Å²) in [5.74, 6) is -0.242. The first kappa shape index (κ1) is 16.9. The maximum Gasteiger partial charge on any atom is 0.253 e. The van der Waals surface area contributed by atoms with Crippen molar-refractivity contribution < 1.29 is 14.3 Å². The standard InChI is InChI=1S/C16H25N5O3/c17-7-13-5-6-14(24-13)16(23)20-12-8-18-21(9-12)10-15(22)19-11-3-1-2-4-11/h8-9,11,13-14H,1-7,10,17H2,(H,19,22)(H,20,23)/t13-,14+/m1/s1. The third-order valence-electron chi connectivity index (χ3n) is 4.59. The molecule has 1 aliphatic carbocycles. The van der Waals surface area contributed by atoms with Gasteiger partial charge in [0.25, 0.3) is 5.91 Å². The average molecular weight is 335 g/mol. The summed E-state index contributed by atoms with van der Waals surface area (Å²) in [7, 11) is 0. The van der Waals surface area contributed by atoms with Crippen molar-refractivity contribution in [2.24, 2.45) is 5.73 Å². The van der Waals surface area contributed by atoms with Crippen LogP contribution in [0.5, 0.6) is 0 Å². The maximum absolute atomic E-state index is 12.1. The van der Waals surface area contributed by atoms with Crippen LogP contribution in [0.15, 0.2) is 12.4 Å². The Morgan fingerprint density at radius 3 is 2.79 bits per heavy atom. The minimum absolute atomic E-state index is 0.0391. The van der Waals surface area contributed by atoms with Crippen molar-refractivity contribution in [3.63, 3.8) is 0 Å². The van der Waals surface area contributed by atoms with Gasteiger partial charge >= 0.3 is 0 Å². The van der Waals surface area contributed by atoms with Crippen LogP contribution in [0.25, 0.3) is 0 Å². The molecule has 1 aromatic heterocycles. The number of hydrogen-bond donors (Lipinski definition) is 3. The smallest absolute Gasteiger partial charge is 0.253 e. The Bertz CT molecular complexity index is 582. The van der Waals surface area contributed by atoms with E-state index in [0.717, 1.165) is 19.3 Å². The van der Waals surface area contributed by atoms with E-state index in [2.05, 4.69) is 15.7 Å². The van der Waals surface area contributed by atoms with E-state index >= 15 is 0 Å². The van der Waals surface area contributed by atoms with Gasteiger partial charge in [0.2, 0.25) is 5.91 Å². The molecule has 2 amide bonds. The summed E-state index contributed by atoms with van der Waals surface area (Å²) >= 11 is 0. The zero-order chi connectivity index (χ0) is 16.9. The molecule has 0 unspecified atom stereocenters. The van der Waals surface area contributed by atoms with Crippen molar-refractivity contribution in [1.29, 1.82) is 0 Å². The van der Waals surface area contributed by atoms with Crippen LogP contribution in [-0.4, -0.2) is 46.4 Å². The Labute approximate surface area is 141 Å². The van der Waals surface area contributed by atoms with Crippen molar-refractivity contribution in [3.8, 4) is 0 Å². The predicted octanol–water partition coefficient (Wildman–Crippen LogP) is 0.387. The number of hydrogen-bond acceptors (Lipinski definition) is 5. The van der Waals surface area contributed by atoms with Gasteiger partial charge in [-0.05, 0) is 25.7 Å². The second-order valence-corrected chi connectivity index (χ2v) is 6.52. The van der Waals surface area contributed by atoms with Gasteiger partial charge in [0.1, 0.15) is 12.6 Å². The van der Waals surface area contributed by atoms with Crippen LogP contribution in [0.3, 0.4) is 0 Å². The molecule has 1 saturated carbocycles. The van der Waals surface area contributed by atoms with Crippen LogP contribution in [-0.2, 0) is 20.9 Å². The number of nitrogens with zero attached hydrogens (tertiary/aromatic N) is 2. The molecule has 0 spiro atoms. The molecule has 24 heavy (non-hydrogen) atoms. The van der Waals surface area contributed by atoms with E-state index in [0.29, 0.717) is 24.7 Å². The summed E-state index contributed by atoms with van der Waals surface area (Å²) in [5, 5.41) is 9.91. The molecule has 1 aromatic rings. The normalized spacial score (nSPS) is 24.2. The minimum Gasteiger partial charge on any atom is -0.364 e. The Morgan fingerprint density at radius 2 is 2.08 bits per heavy atom. The van der Waals surface area contributed by atoms with Crippen LogP contribution in [0.1, 0.15) is 38.5 Å². The van der Waals surface area contributed by atoms with Gasteiger partial charge in [0.15, 0.2) is 0 Å². The number of amides is 2. The number of nitrogens with two attached hydrogens (primary N) is 1. The van der Waals surface area contributed by atoms with Crippen LogP contribution in [0, 0.1) is 0 Å². The van der Waals surface area contributed by atoms with Gasteiger partial charge in [-0.2, -0.15) is 5.10 Å². The molecular weight excluding hydrogens is 310 g/mol. The molecule has 2 heterocycles. The van der Waals surface area contributed by atoms with Gasteiger partial charge in [0, 0.05) is 18.8 Å². The van der Waals surface area contributed by atoms with Gasteiger partial charge in [-0.25, -0.2) is 0 Å². The Morgan fingerprint density at radius 1 is 1.29 bits per heavy atom. The zero-order valence-electron chi connectivity index (χ0n) is 13.7. The lowest BCUT2D eigenvalue weighted by molar-refractivity contribution is -0.126.